The van der Waals surface area contributed by atoms with Crippen molar-refractivity contribution in [3.8, 4) is 0 Å². The molecule has 1 N–H and O–H groups in total. The van der Waals surface area contributed by atoms with Gasteiger partial charge >= 0.3 is 0 Å². The average molecular weight is 234 g/mol. The SMILES string of the molecule is Clc1ccc(CCNc2ncccn2)cc1. The van der Waals surface area contributed by atoms with Crippen LogP contribution >= 0.6 is 11.6 Å². The number of hydrogen-bond donors (Lipinski definition) is 1. The van der Waals surface area contributed by atoms with E-state index in [1.165, 1.54) is 5.56 Å². The van der Waals surface area contributed by atoms with E-state index in [0.717, 1.165) is 18.0 Å². The maximum Gasteiger partial charge on any atom is 0.222 e. The Morgan fingerprint density at radius 2 is 1.75 bits per heavy atom. The van der Waals surface area contributed by atoms with Gasteiger partial charge in [-0.25, -0.2) is 9.97 Å². The Kier molecular flexibility index (Phi) is 3.72. The highest BCUT2D eigenvalue weighted by atomic mass is 35.5. The molecule has 4 heteroatoms. The molecule has 2 aromatic rings. The number of halogens is 1. The van der Waals surface area contributed by atoms with E-state index in [1.807, 2.05) is 24.3 Å². The molecule has 0 saturated heterocycles. The van der Waals surface area contributed by atoms with E-state index in [9.17, 15) is 0 Å². The van der Waals surface area contributed by atoms with Gasteiger partial charge in [-0.15, -0.1) is 0 Å². The lowest BCUT2D eigenvalue weighted by Crippen LogP contribution is -2.07. The first-order valence-corrected chi connectivity index (χ1v) is 5.48. The molecule has 1 heterocycles. The van der Waals surface area contributed by atoms with Gasteiger partial charge in [0.2, 0.25) is 5.95 Å². The highest BCUT2D eigenvalue weighted by Crippen LogP contribution is 2.09. The van der Waals surface area contributed by atoms with Gasteiger partial charge in [0.05, 0.1) is 0 Å². The summed E-state index contributed by atoms with van der Waals surface area (Å²) in [6, 6.07) is 9.64. The maximum atomic E-state index is 5.81. The van der Waals surface area contributed by atoms with E-state index in [0.29, 0.717) is 5.95 Å². The summed E-state index contributed by atoms with van der Waals surface area (Å²) in [6.45, 7) is 0.811. The first-order chi connectivity index (χ1) is 7.84. The Morgan fingerprint density at radius 3 is 2.44 bits per heavy atom. The van der Waals surface area contributed by atoms with E-state index in [2.05, 4.69) is 15.3 Å². The summed E-state index contributed by atoms with van der Waals surface area (Å²) in [7, 11) is 0. The van der Waals surface area contributed by atoms with Gasteiger partial charge in [0.25, 0.3) is 0 Å². The lowest BCUT2D eigenvalue weighted by Gasteiger charge is -2.04. The normalized spacial score (nSPS) is 10.1. The van der Waals surface area contributed by atoms with Gasteiger partial charge in [0.15, 0.2) is 0 Å². The molecule has 1 aromatic heterocycles. The van der Waals surface area contributed by atoms with Crippen LogP contribution in [-0.2, 0) is 6.42 Å². The van der Waals surface area contributed by atoms with Gasteiger partial charge in [-0.05, 0) is 30.2 Å². The largest absolute Gasteiger partial charge is 0.354 e. The summed E-state index contributed by atoms with van der Waals surface area (Å²) in [5.41, 5.74) is 1.24. The van der Waals surface area contributed by atoms with Crippen LogP contribution in [0.5, 0.6) is 0 Å². The zero-order chi connectivity index (χ0) is 11.2. The highest BCUT2D eigenvalue weighted by molar-refractivity contribution is 6.30. The maximum absolute atomic E-state index is 5.81. The Morgan fingerprint density at radius 1 is 1.06 bits per heavy atom. The average Bonchev–Trinajstić information content (AvgIpc) is 2.33. The van der Waals surface area contributed by atoms with Gasteiger partial charge in [-0.3, -0.25) is 0 Å². The first-order valence-electron chi connectivity index (χ1n) is 5.10. The fourth-order valence-corrected chi connectivity index (χ4v) is 1.49. The number of nitrogens with zero attached hydrogens (tertiary/aromatic N) is 2. The molecule has 0 spiro atoms. The third-order valence-corrected chi connectivity index (χ3v) is 2.43. The molecule has 82 valence electrons. The van der Waals surface area contributed by atoms with Gasteiger partial charge in [-0.1, -0.05) is 23.7 Å². The van der Waals surface area contributed by atoms with Crippen molar-refractivity contribution in [2.75, 3.05) is 11.9 Å². The number of rotatable bonds is 4. The zero-order valence-electron chi connectivity index (χ0n) is 8.73. The van der Waals surface area contributed by atoms with Crippen LogP contribution in [-0.4, -0.2) is 16.5 Å². The van der Waals surface area contributed by atoms with Crippen LogP contribution in [0.3, 0.4) is 0 Å². The fraction of sp³-hybridized carbons (Fsp3) is 0.167. The van der Waals surface area contributed by atoms with Gasteiger partial charge in [-0.2, -0.15) is 0 Å². The van der Waals surface area contributed by atoms with Crippen LogP contribution in [0.4, 0.5) is 5.95 Å². The van der Waals surface area contributed by atoms with Crippen molar-refractivity contribution in [2.45, 2.75) is 6.42 Å². The molecule has 0 unspecified atom stereocenters. The number of anilines is 1. The highest BCUT2D eigenvalue weighted by Gasteiger charge is 1.95. The predicted octanol–water partition coefficient (Wildman–Crippen LogP) is 2.78. The molecule has 0 atom stereocenters. The Bertz CT molecular complexity index is 428. The Hall–Kier alpha value is -1.61. The molecular formula is C12H12ClN3. The molecule has 0 aliphatic heterocycles. The lowest BCUT2D eigenvalue weighted by atomic mass is 10.1. The second kappa shape index (κ2) is 5.47. The van der Waals surface area contributed by atoms with E-state index in [4.69, 9.17) is 11.6 Å². The molecule has 0 radical (unpaired) electrons. The molecule has 16 heavy (non-hydrogen) atoms. The fourth-order valence-electron chi connectivity index (χ4n) is 1.36. The molecule has 1 aromatic carbocycles. The van der Waals surface area contributed by atoms with Crippen LogP contribution < -0.4 is 5.32 Å². The summed E-state index contributed by atoms with van der Waals surface area (Å²) in [5.74, 6) is 0.663. The molecule has 0 saturated carbocycles. The quantitative estimate of drug-likeness (QED) is 0.883. The summed E-state index contributed by atoms with van der Waals surface area (Å²) >= 11 is 5.81. The lowest BCUT2D eigenvalue weighted by molar-refractivity contribution is 0.984. The molecule has 0 aliphatic rings. The third kappa shape index (κ3) is 3.21. The van der Waals surface area contributed by atoms with Crippen LogP contribution in [0, 0.1) is 0 Å². The standard InChI is InChI=1S/C12H12ClN3/c13-11-4-2-10(3-5-11)6-9-16-12-14-7-1-8-15-12/h1-5,7-8H,6,9H2,(H,14,15,16). The van der Waals surface area contributed by atoms with E-state index in [-0.39, 0.29) is 0 Å². The van der Waals surface area contributed by atoms with Crippen molar-refractivity contribution in [3.05, 3.63) is 53.3 Å². The van der Waals surface area contributed by atoms with Gasteiger partial charge in [0, 0.05) is 24.0 Å². The summed E-state index contributed by atoms with van der Waals surface area (Å²) in [4.78, 5) is 8.16. The van der Waals surface area contributed by atoms with E-state index < -0.39 is 0 Å². The minimum Gasteiger partial charge on any atom is -0.354 e. The zero-order valence-corrected chi connectivity index (χ0v) is 9.48. The minimum atomic E-state index is 0.663. The number of hydrogen-bond acceptors (Lipinski definition) is 3. The molecular weight excluding hydrogens is 222 g/mol. The molecule has 0 bridgehead atoms. The molecule has 3 nitrogen and oxygen atoms in total. The number of benzene rings is 1. The van der Waals surface area contributed by atoms with E-state index in [1.54, 1.807) is 18.5 Å². The van der Waals surface area contributed by atoms with Crippen molar-refractivity contribution >= 4 is 17.5 Å². The Balaban J connectivity index is 1.82. The minimum absolute atomic E-state index is 0.663. The van der Waals surface area contributed by atoms with Crippen molar-refractivity contribution in [2.24, 2.45) is 0 Å². The molecule has 0 amide bonds. The summed E-state index contributed by atoms with van der Waals surface area (Å²) in [6.07, 6.45) is 4.37. The van der Waals surface area contributed by atoms with Crippen LogP contribution in [0.2, 0.25) is 5.02 Å². The van der Waals surface area contributed by atoms with Gasteiger partial charge in [0.1, 0.15) is 0 Å². The molecule has 0 fully saturated rings. The van der Waals surface area contributed by atoms with E-state index >= 15 is 0 Å². The summed E-state index contributed by atoms with van der Waals surface area (Å²) < 4.78 is 0. The number of aromatic nitrogens is 2. The Labute approximate surface area is 99.5 Å². The van der Waals surface area contributed by atoms with Crippen molar-refractivity contribution in [1.82, 2.24) is 9.97 Å². The molecule has 0 aliphatic carbocycles. The third-order valence-electron chi connectivity index (χ3n) is 2.18. The number of nitrogens with one attached hydrogen (secondary N) is 1. The topological polar surface area (TPSA) is 37.8 Å². The second-order valence-electron chi connectivity index (χ2n) is 3.38. The predicted molar refractivity (Wildman–Crippen MR) is 65.7 cm³/mol. The van der Waals surface area contributed by atoms with Crippen molar-refractivity contribution < 1.29 is 0 Å². The van der Waals surface area contributed by atoms with Gasteiger partial charge < -0.3 is 5.32 Å². The second-order valence-corrected chi connectivity index (χ2v) is 3.81. The summed E-state index contributed by atoms with van der Waals surface area (Å²) in [5, 5.41) is 3.92. The first kappa shape index (κ1) is 10.9. The molecule has 2 rings (SSSR count). The van der Waals surface area contributed by atoms with Crippen LogP contribution in [0.1, 0.15) is 5.56 Å². The smallest absolute Gasteiger partial charge is 0.222 e. The van der Waals surface area contributed by atoms with Crippen molar-refractivity contribution in [1.29, 1.82) is 0 Å². The monoisotopic (exact) mass is 233 g/mol. The van der Waals surface area contributed by atoms with Crippen LogP contribution in [0.15, 0.2) is 42.7 Å². The van der Waals surface area contributed by atoms with Crippen LogP contribution in [0.25, 0.3) is 0 Å². The van der Waals surface area contributed by atoms with Crippen molar-refractivity contribution in [3.63, 3.8) is 0 Å².